The van der Waals surface area contributed by atoms with E-state index >= 15 is 0 Å². The van der Waals surface area contributed by atoms with Crippen LogP contribution in [-0.4, -0.2) is 16.2 Å². The van der Waals surface area contributed by atoms with Crippen molar-refractivity contribution in [1.29, 1.82) is 0 Å². The minimum absolute atomic E-state index is 0.110. The van der Waals surface area contributed by atoms with Crippen LogP contribution in [0.15, 0.2) is 36.7 Å². The third-order valence-electron chi connectivity index (χ3n) is 2.86. The Bertz CT molecular complexity index is 542. The van der Waals surface area contributed by atoms with Crippen molar-refractivity contribution < 1.29 is 13.5 Å². The second-order valence-corrected chi connectivity index (χ2v) is 4.18. The van der Waals surface area contributed by atoms with E-state index in [-0.39, 0.29) is 5.75 Å². The van der Waals surface area contributed by atoms with Gasteiger partial charge in [0.1, 0.15) is 11.6 Å². The van der Waals surface area contributed by atoms with Crippen LogP contribution in [0.5, 0.6) is 5.75 Å². The molecule has 0 aliphatic carbocycles. The molecule has 4 nitrogen and oxygen atoms in total. The molecule has 2 rings (SSSR count). The van der Waals surface area contributed by atoms with Crippen molar-refractivity contribution in [3.05, 3.63) is 48.0 Å². The Kier molecular flexibility index (Phi) is 4.11. The average molecular weight is 267 g/mol. The molecule has 6 heteroatoms. The minimum Gasteiger partial charge on any atom is -0.434 e. The van der Waals surface area contributed by atoms with Gasteiger partial charge in [0, 0.05) is 37.5 Å². The summed E-state index contributed by atoms with van der Waals surface area (Å²) >= 11 is 0. The Morgan fingerprint density at radius 3 is 2.74 bits per heavy atom. The molecule has 1 heterocycles. The molecule has 1 aromatic heterocycles. The van der Waals surface area contributed by atoms with E-state index in [9.17, 15) is 8.78 Å². The third kappa shape index (κ3) is 3.29. The highest BCUT2D eigenvalue weighted by Crippen LogP contribution is 2.26. The van der Waals surface area contributed by atoms with E-state index in [1.807, 2.05) is 17.8 Å². The lowest BCUT2D eigenvalue weighted by molar-refractivity contribution is -0.0506. The largest absolute Gasteiger partial charge is 0.434 e. The first-order chi connectivity index (χ1) is 9.08. The van der Waals surface area contributed by atoms with Crippen LogP contribution in [0.4, 0.5) is 8.78 Å². The van der Waals surface area contributed by atoms with E-state index < -0.39 is 12.7 Å². The zero-order valence-electron chi connectivity index (χ0n) is 10.5. The highest BCUT2D eigenvalue weighted by atomic mass is 19.3. The number of halogens is 2. The number of nitrogens with zero attached hydrogens (tertiary/aromatic N) is 2. The van der Waals surface area contributed by atoms with E-state index in [2.05, 4.69) is 9.72 Å². The minimum atomic E-state index is -2.86. The number of aromatic nitrogens is 2. The normalized spacial score (nSPS) is 12.7. The fourth-order valence-electron chi connectivity index (χ4n) is 1.89. The van der Waals surface area contributed by atoms with E-state index in [1.54, 1.807) is 24.4 Å². The average Bonchev–Trinajstić information content (AvgIpc) is 2.75. The predicted octanol–water partition coefficient (Wildman–Crippen LogP) is 2.26. The van der Waals surface area contributed by atoms with Gasteiger partial charge in [-0.05, 0) is 6.07 Å². The molecule has 2 aromatic rings. The van der Waals surface area contributed by atoms with Gasteiger partial charge in [-0.3, -0.25) is 0 Å². The molecule has 1 atom stereocenters. The van der Waals surface area contributed by atoms with Crippen molar-refractivity contribution in [2.75, 3.05) is 0 Å². The van der Waals surface area contributed by atoms with E-state index in [0.29, 0.717) is 12.0 Å². The lowest BCUT2D eigenvalue weighted by Gasteiger charge is -2.16. The number of nitrogens with two attached hydrogens (primary N) is 1. The summed E-state index contributed by atoms with van der Waals surface area (Å²) in [5.74, 6) is 0.901. The van der Waals surface area contributed by atoms with Gasteiger partial charge in [-0.2, -0.15) is 8.78 Å². The first-order valence-electron chi connectivity index (χ1n) is 5.83. The number of rotatable bonds is 5. The molecular formula is C13H15F2N3O. The molecule has 0 saturated carbocycles. The fraction of sp³-hybridized carbons (Fsp3) is 0.308. The second-order valence-electron chi connectivity index (χ2n) is 4.18. The van der Waals surface area contributed by atoms with Gasteiger partial charge in [-0.15, -0.1) is 0 Å². The van der Waals surface area contributed by atoms with E-state index in [1.165, 1.54) is 6.07 Å². The van der Waals surface area contributed by atoms with Gasteiger partial charge < -0.3 is 15.0 Å². The van der Waals surface area contributed by atoms with Crippen LogP contribution in [0.2, 0.25) is 0 Å². The summed E-state index contributed by atoms with van der Waals surface area (Å²) in [6, 6.07) is 6.10. The SMILES string of the molecule is Cn1ccnc1CC(N)c1ccccc1OC(F)F. The molecule has 0 spiro atoms. The maximum Gasteiger partial charge on any atom is 0.387 e. The Labute approximate surface area is 109 Å². The second kappa shape index (κ2) is 5.79. The van der Waals surface area contributed by atoms with Crippen LogP contribution in [0.1, 0.15) is 17.4 Å². The van der Waals surface area contributed by atoms with Crippen molar-refractivity contribution in [2.45, 2.75) is 19.1 Å². The van der Waals surface area contributed by atoms with Crippen LogP contribution in [0.3, 0.4) is 0 Å². The van der Waals surface area contributed by atoms with Gasteiger partial charge in [-0.1, -0.05) is 18.2 Å². The van der Waals surface area contributed by atoms with Gasteiger partial charge in [-0.25, -0.2) is 4.98 Å². The number of para-hydroxylation sites is 1. The van der Waals surface area contributed by atoms with Crippen molar-refractivity contribution in [3.63, 3.8) is 0 Å². The zero-order chi connectivity index (χ0) is 13.8. The lowest BCUT2D eigenvalue weighted by atomic mass is 10.0. The predicted molar refractivity (Wildman–Crippen MR) is 66.9 cm³/mol. The van der Waals surface area contributed by atoms with Crippen LogP contribution < -0.4 is 10.5 Å². The topological polar surface area (TPSA) is 53.1 Å². The van der Waals surface area contributed by atoms with Gasteiger partial charge >= 0.3 is 6.61 Å². The summed E-state index contributed by atoms with van der Waals surface area (Å²) < 4.78 is 31.0. The molecule has 0 radical (unpaired) electrons. The molecule has 0 amide bonds. The van der Waals surface area contributed by atoms with Crippen LogP contribution in [-0.2, 0) is 13.5 Å². The first-order valence-corrected chi connectivity index (χ1v) is 5.83. The van der Waals surface area contributed by atoms with Gasteiger partial charge in [0.25, 0.3) is 0 Å². The van der Waals surface area contributed by atoms with Crippen molar-refractivity contribution in [3.8, 4) is 5.75 Å². The fourth-order valence-corrected chi connectivity index (χ4v) is 1.89. The van der Waals surface area contributed by atoms with Crippen molar-refractivity contribution in [1.82, 2.24) is 9.55 Å². The summed E-state index contributed by atoms with van der Waals surface area (Å²) in [6.07, 6.45) is 3.93. The summed E-state index contributed by atoms with van der Waals surface area (Å²) in [7, 11) is 1.86. The monoisotopic (exact) mass is 267 g/mol. The molecule has 0 saturated heterocycles. The standard InChI is InChI=1S/C13H15F2N3O/c1-18-7-6-17-12(18)8-10(16)9-4-2-3-5-11(9)19-13(14)15/h2-7,10,13H,8,16H2,1H3. The van der Waals surface area contributed by atoms with Crippen molar-refractivity contribution in [2.24, 2.45) is 12.8 Å². The summed E-state index contributed by atoms with van der Waals surface area (Å²) in [4.78, 5) is 4.17. The number of hydrogen-bond acceptors (Lipinski definition) is 3. The highest BCUT2D eigenvalue weighted by molar-refractivity contribution is 5.36. The Morgan fingerprint density at radius 1 is 1.37 bits per heavy atom. The number of alkyl halides is 2. The van der Waals surface area contributed by atoms with Gasteiger partial charge in [0.2, 0.25) is 0 Å². The molecule has 0 aliphatic rings. The highest BCUT2D eigenvalue weighted by Gasteiger charge is 2.16. The number of ether oxygens (including phenoxy) is 1. The molecule has 0 aliphatic heterocycles. The Morgan fingerprint density at radius 2 is 2.11 bits per heavy atom. The number of hydrogen-bond donors (Lipinski definition) is 1. The van der Waals surface area contributed by atoms with E-state index in [0.717, 1.165) is 5.82 Å². The third-order valence-corrected chi connectivity index (χ3v) is 2.86. The maximum absolute atomic E-state index is 12.3. The number of aryl methyl sites for hydroxylation is 1. The summed E-state index contributed by atoms with van der Waals surface area (Å²) in [6.45, 7) is -2.86. The summed E-state index contributed by atoms with van der Waals surface area (Å²) in [5.41, 5.74) is 6.60. The lowest BCUT2D eigenvalue weighted by Crippen LogP contribution is -2.17. The molecule has 102 valence electrons. The smallest absolute Gasteiger partial charge is 0.387 e. The molecule has 1 unspecified atom stereocenters. The first kappa shape index (κ1) is 13.5. The molecular weight excluding hydrogens is 252 g/mol. The quantitative estimate of drug-likeness (QED) is 0.904. The maximum atomic E-state index is 12.3. The Hall–Kier alpha value is -1.95. The van der Waals surface area contributed by atoms with Crippen LogP contribution in [0.25, 0.3) is 0 Å². The van der Waals surface area contributed by atoms with Crippen molar-refractivity contribution >= 4 is 0 Å². The molecule has 19 heavy (non-hydrogen) atoms. The van der Waals surface area contributed by atoms with Crippen LogP contribution in [0, 0.1) is 0 Å². The van der Waals surface area contributed by atoms with Gasteiger partial charge in [0.15, 0.2) is 0 Å². The number of benzene rings is 1. The number of imidazole rings is 1. The zero-order valence-corrected chi connectivity index (χ0v) is 10.5. The molecule has 0 bridgehead atoms. The Balaban J connectivity index is 2.19. The van der Waals surface area contributed by atoms with Gasteiger partial charge in [0.05, 0.1) is 0 Å². The molecule has 1 aromatic carbocycles. The van der Waals surface area contributed by atoms with E-state index in [4.69, 9.17) is 5.73 Å². The van der Waals surface area contributed by atoms with Crippen LogP contribution >= 0.6 is 0 Å². The molecule has 2 N–H and O–H groups in total. The molecule has 0 fully saturated rings. The summed E-state index contributed by atoms with van der Waals surface area (Å²) in [5, 5.41) is 0.